The molecular weight excluding hydrogens is 146 g/mol. The normalized spacial score (nSPS) is 9.75. The summed E-state index contributed by atoms with van der Waals surface area (Å²) in [5, 5.41) is 0. The first kappa shape index (κ1) is 8.98. The summed E-state index contributed by atoms with van der Waals surface area (Å²) in [5.41, 5.74) is 2.46. The third-order valence-corrected chi connectivity index (χ3v) is 1.90. The smallest absolute Gasteiger partial charge is 0.0406 e. The van der Waals surface area contributed by atoms with Gasteiger partial charge in [-0.05, 0) is 30.9 Å². The van der Waals surface area contributed by atoms with Crippen LogP contribution < -0.4 is 0 Å². The summed E-state index contributed by atoms with van der Waals surface area (Å²) >= 11 is 0. The van der Waals surface area contributed by atoms with Crippen LogP contribution in [0.15, 0.2) is 31.0 Å². The van der Waals surface area contributed by atoms with E-state index in [1.54, 1.807) is 0 Å². The van der Waals surface area contributed by atoms with Crippen LogP contribution in [-0.2, 0) is 12.8 Å². The highest BCUT2D eigenvalue weighted by Gasteiger charge is 1.92. The lowest BCUT2D eigenvalue weighted by molar-refractivity contribution is 0.934. The van der Waals surface area contributed by atoms with Gasteiger partial charge in [-0.2, -0.15) is 0 Å². The molecule has 0 aliphatic heterocycles. The quantitative estimate of drug-likeness (QED) is 0.619. The van der Waals surface area contributed by atoms with Crippen molar-refractivity contribution >= 4 is 0 Å². The molecule has 0 aliphatic rings. The molecule has 1 nitrogen and oxygen atoms in total. The van der Waals surface area contributed by atoms with Crippen molar-refractivity contribution in [1.29, 1.82) is 0 Å². The van der Waals surface area contributed by atoms with Crippen LogP contribution in [-0.4, -0.2) is 4.98 Å². The molecule has 0 aromatic carbocycles. The highest BCUT2D eigenvalue weighted by atomic mass is 14.7. The molecule has 0 aliphatic carbocycles. The zero-order chi connectivity index (χ0) is 8.81. The number of allylic oxidation sites excluding steroid dienone is 1. The van der Waals surface area contributed by atoms with Gasteiger partial charge in [-0.25, -0.2) is 0 Å². The SMILES string of the molecule is C=CCCc1ccc(CC)cn1. The third-order valence-electron chi connectivity index (χ3n) is 1.90. The first-order valence-corrected chi connectivity index (χ1v) is 4.41. The van der Waals surface area contributed by atoms with Crippen LogP contribution in [0.3, 0.4) is 0 Å². The Morgan fingerprint density at radius 3 is 2.83 bits per heavy atom. The number of pyridine rings is 1. The molecule has 1 rings (SSSR count). The van der Waals surface area contributed by atoms with Crippen molar-refractivity contribution in [1.82, 2.24) is 4.98 Å². The molecule has 0 unspecified atom stereocenters. The lowest BCUT2D eigenvalue weighted by atomic mass is 10.1. The van der Waals surface area contributed by atoms with Crippen molar-refractivity contribution in [2.75, 3.05) is 0 Å². The highest BCUT2D eigenvalue weighted by molar-refractivity contribution is 5.14. The van der Waals surface area contributed by atoms with E-state index in [2.05, 4.69) is 30.6 Å². The maximum atomic E-state index is 4.34. The van der Waals surface area contributed by atoms with Gasteiger partial charge in [0, 0.05) is 11.9 Å². The van der Waals surface area contributed by atoms with Crippen LogP contribution in [0.5, 0.6) is 0 Å². The minimum atomic E-state index is 1.01. The van der Waals surface area contributed by atoms with E-state index in [1.807, 2.05) is 12.3 Å². The Morgan fingerprint density at radius 1 is 1.50 bits per heavy atom. The predicted molar refractivity (Wildman–Crippen MR) is 52.1 cm³/mol. The van der Waals surface area contributed by atoms with E-state index in [9.17, 15) is 0 Å². The number of aryl methyl sites for hydroxylation is 2. The van der Waals surface area contributed by atoms with Crippen molar-refractivity contribution in [2.45, 2.75) is 26.2 Å². The second-order valence-electron chi connectivity index (χ2n) is 2.84. The van der Waals surface area contributed by atoms with Crippen LogP contribution in [0.2, 0.25) is 0 Å². The zero-order valence-corrected chi connectivity index (χ0v) is 7.59. The molecule has 0 amide bonds. The van der Waals surface area contributed by atoms with E-state index < -0.39 is 0 Å². The molecule has 0 spiro atoms. The van der Waals surface area contributed by atoms with Crippen molar-refractivity contribution in [2.24, 2.45) is 0 Å². The van der Waals surface area contributed by atoms with Crippen molar-refractivity contribution < 1.29 is 0 Å². The Balaban J connectivity index is 2.58. The lowest BCUT2D eigenvalue weighted by Gasteiger charge is -1.98. The fourth-order valence-electron chi connectivity index (χ4n) is 1.06. The van der Waals surface area contributed by atoms with Gasteiger partial charge in [-0.3, -0.25) is 4.98 Å². The molecular formula is C11H15N. The highest BCUT2D eigenvalue weighted by Crippen LogP contribution is 2.03. The Morgan fingerprint density at radius 2 is 2.33 bits per heavy atom. The Labute approximate surface area is 74.2 Å². The fourth-order valence-corrected chi connectivity index (χ4v) is 1.06. The summed E-state index contributed by atoms with van der Waals surface area (Å²) in [6.07, 6.45) is 6.97. The fraction of sp³-hybridized carbons (Fsp3) is 0.364. The number of rotatable bonds is 4. The minimum Gasteiger partial charge on any atom is -0.261 e. The largest absolute Gasteiger partial charge is 0.261 e. The van der Waals surface area contributed by atoms with E-state index in [-0.39, 0.29) is 0 Å². The van der Waals surface area contributed by atoms with E-state index in [1.165, 1.54) is 5.56 Å². The number of hydrogen-bond donors (Lipinski definition) is 0. The van der Waals surface area contributed by atoms with Gasteiger partial charge < -0.3 is 0 Å². The lowest BCUT2D eigenvalue weighted by Crippen LogP contribution is -1.90. The van der Waals surface area contributed by atoms with Crippen molar-refractivity contribution in [3.05, 3.63) is 42.2 Å². The average Bonchev–Trinajstić information content (AvgIpc) is 2.15. The Bertz CT molecular complexity index is 236. The van der Waals surface area contributed by atoms with Crippen molar-refractivity contribution in [3.63, 3.8) is 0 Å². The van der Waals surface area contributed by atoms with Crippen LogP contribution in [0, 0.1) is 0 Å². The maximum Gasteiger partial charge on any atom is 0.0406 e. The van der Waals surface area contributed by atoms with Crippen LogP contribution in [0.1, 0.15) is 24.6 Å². The maximum absolute atomic E-state index is 4.34. The Hall–Kier alpha value is -1.11. The number of nitrogens with zero attached hydrogens (tertiary/aromatic N) is 1. The van der Waals surface area contributed by atoms with Crippen LogP contribution >= 0.6 is 0 Å². The van der Waals surface area contributed by atoms with E-state index in [0.717, 1.165) is 25.0 Å². The standard InChI is InChI=1S/C11H15N/c1-3-5-6-11-8-7-10(4-2)9-12-11/h3,7-9H,1,4-6H2,2H3. The second kappa shape index (κ2) is 4.70. The molecule has 0 radical (unpaired) electrons. The van der Waals surface area contributed by atoms with Gasteiger partial charge in [0.2, 0.25) is 0 Å². The molecule has 0 fully saturated rings. The van der Waals surface area contributed by atoms with E-state index in [4.69, 9.17) is 0 Å². The first-order chi connectivity index (χ1) is 5.86. The summed E-state index contributed by atoms with van der Waals surface area (Å²) < 4.78 is 0. The monoisotopic (exact) mass is 161 g/mol. The molecule has 1 aromatic rings. The summed E-state index contributed by atoms with van der Waals surface area (Å²) in [6, 6.07) is 4.24. The van der Waals surface area contributed by atoms with Crippen LogP contribution in [0.4, 0.5) is 0 Å². The summed E-state index contributed by atoms with van der Waals surface area (Å²) in [7, 11) is 0. The molecule has 12 heavy (non-hydrogen) atoms. The second-order valence-corrected chi connectivity index (χ2v) is 2.84. The van der Waals surface area contributed by atoms with Gasteiger partial charge in [0.1, 0.15) is 0 Å². The summed E-state index contributed by atoms with van der Waals surface area (Å²) in [5.74, 6) is 0. The Kier molecular flexibility index (Phi) is 3.52. The molecule has 0 saturated carbocycles. The van der Waals surface area contributed by atoms with Gasteiger partial charge in [0.15, 0.2) is 0 Å². The van der Waals surface area contributed by atoms with Gasteiger partial charge in [0.05, 0.1) is 0 Å². The molecule has 1 aromatic heterocycles. The van der Waals surface area contributed by atoms with Crippen molar-refractivity contribution in [3.8, 4) is 0 Å². The molecule has 0 atom stereocenters. The zero-order valence-electron chi connectivity index (χ0n) is 7.59. The van der Waals surface area contributed by atoms with Gasteiger partial charge in [-0.1, -0.05) is 19.1 Å². The van der Waals surface area contributed by atoms with Gasteiger partial charge in [-0.15, -0.1) is 6.58 Å². The number of aromatic nitrogens is 1. The topological polar surface area (TPSA) is 12.9 Å². The molecule has 0 saturated heterocycles. The van der Waals surface area contributed by atoms with E-state index >= 15 is 0 Å². The molecule has 64 valence electrons. The molecule has 1 heteroatoms. The summed E-state index contributed by atoms with van der Waals surface area (Å²) in [4.78, 5) is 4.34. The van der Waals surface area contributed by atoms with Gasteiger partial charge >= 0.3 is 0 Å². The minimum absolute atomic E-state index is 1.01. The third kappa shape index (κ3) is 2.50. The predicted octanol–water partition coefficient (Wildman–Crippen LogP) is 2.76. The molecule has 0 N–H and O–H groups in total. The van der Waals surface area contributed by atoms with Gasteiger partial charge in [0.25, 0.3) is 0 Å². The molecule has 0 bridgehead atoms. The number of hydrogen-bond acceptors (Lipinski definition) is 1. The molecule has 1 heterocycles. The van der Waals surface area contributed by atoms with Crippen LogP contribution in [0.25, 0.3) is 0 Å². The summed E-state index contributed by atoms with van der Waals surface area (Å²) in [6.45, 7) is 5.82. The average molecular weight is 161 g/mol. The van der Waals surface area contributed by atoms with E-state index in [0.29, 0.717) is 0 Å². The first-order valence-electron chi connectivity index (χ1n) is 4.41.